The Morgan fingerprint density at radius 3 is 2.75 bits per heavy atom. The molecule has 0 aromatic carbocycles. The normalized spacial score (nSPS) is 25.9. The maximum atomic E-state index is 5.79. The summed E-state index contributed by atoms with van der Waals surface area (Å²) in [4.78, 5) is 1.42. The second-order valence-corrected chi connectivity index (χ2v) is 6.55. The molecule has 90 valence electrons. The predicted molar refractivity (Wildman–Crippen MR) is 70.2 cm³/mol. The quantitative estimate of drug-likeness (QED) is 0.626. The van der Waals surface area contributed by atoms with Crippen LogP contribution < -0.4 is 11.3 Å². The fourth-order valence-electron chi connectivity index (χ4n) is 3.05. The van der Waals surface area contributed by atoms with Crippen LogP contribution in [0, 0.1) is 18.3 Å². The first-order valence-electron chi connectivity index (χ1n) is 6.06. The van der Waals surface area contributed by atoms with Crippen molar-refractivity contribution in [2.24, 2.45) is 17.2 Å². The molecule has 2 atom stereocenters. The van der Waals surface area contributed by atoms with Crippen molar-refractivity contribution in [3.63, 3.8) is 0 Å². The maximum Gasteiger partial charge on any atom is 0.0589 e. The lowest BCUT2D eigenvalue weighted by molar-refractivity contribution is 0.200. The molecule has 3 N–H and O–H groups in total. The van der Waals surface area contributed by atoms with Crippen molar-refractivity contribution in [1.29, 1.82) is 0 Å². The average Bonchev–Trinajstić information content (AvgIpc) is 2.77. The monoisotopic (exact) mass is 238 g/mol. The summed E-state index contributed by atoms with van der Waals surface area (Å²) in [5.41, 5.74) is 4.83. The third kappa shape index (κ3) is 2.04. The molecule has 1 aromatic heterocycles. The van der Waals surface area contributed by atoms with Crippen molar-refractivity contribution >= 4 is 11.3 Å². The maximum absolute atomic E-state index is 5.79. The second-order valence-electron chi connectivity index (χ2n) is 5.60. The number of hydrazine groups is 1. The van der Waals surface area contributed by atoms with Gasteiger partial charge in [0.2, 0.25) is 0 Å². The van der Waals surface area contributed by atoms with E-state index < -0.39 is 0 Å². The van der Waals surface area contributed by atoms with Gasteiger partial charge in [-0.05, 0) is 48.1 Å². The summed E-state index contributed by atoms with van der Waals surface area (Å²) in [7, 11) is 0. The number of rotatable bonds is 3. The lowest BCUT2D eigenvalue weighted by atomic mass is 9.77. The topological polar surface area (TPSA) is 38.0 Å². The van der Waals surface area contributed by atoms with Crippen molar-refractivity contribution in [2.75, 3.05) is 0 Å². The fraction of sp³-hybridized carbons (Fsp3) is 0.692. The van der Waals surface area contributed by atoms with E-state index in [1.807, 2.05) is 11.3 Å². The zero-order chi connectivity index (χ0) is 11.8. The molecule has 0 aliphatic heterocycles. The Morgan fingerprint density at radius 2 is 2.31 bits per heavy atom. The van der Waals surface area contributed by atoms with Crippen LogP contribution in [0.5, 0.6) is 0 Å². The average molecular weight is 238 g/mol. The SMILES string of the molecule is Cc1ccsc1C(NN)C1CCCC1(C)C. The molecule has 0 amide bonds. The van der Waals surface area contributed by atoms with E-state index in [0.717, 1.165) is 0 Å². The molecular formula is C13H22N2S. The zero-order valence-corrected chi connectivity index (χ0v) is 11.2. The highest BCUT2D eigenvalue weighted by Gasteiger charge is 2.40. The van der Waals surface area contributed by atoms with Crippen molar-refractivity contribution in [3.8, 4) is 0 Å². The minimum absolute atomic E-state index is 0.331. The number of nitrogens with one attached hydrogen (secondary N) is 1. The standard InChI is InChI=1S/C13H22N2S/c1-9-6-8-16-12(9)11(15-14)10-5-4-7-13(10,2)3/h6,8,10-11,15H,4-5,7,14H2,1-3H3. The summed E-state index contributed by atoms with van der Waals surface area (Å²) in [6, 6.07) is 2.52. The first-order chi connectivity index (χ1) is 7.56. The highest BCUT2D eigenvalue weighted by molar-refractivity contribution is 7.10. The largest absolute Gasteiger partial charge is 0.271 e. The molecule has 1 heterocycles. The Bertz CT molecular complexity index is 357. The summed E-state index contributed by atoms with van der Waals surface area (Å²) >= 11 is 1.83. The third-order valence-corrected chi connectivity index (χ3v) is 5.21. The third-order valence-electron chi connectivity index (χ3n) is 4.11. The molecule has 1 saturated carbocycles. The van der Waals surface area contributed by atoms with Crippen LogP contribution in [0.2, 0.25) is 0 Å². The Kier molecular flexibility index (Phi) is 3.38. The van der Waals surface area contributed by atoms with Gasteiger partial charge in [-0.25, -0.2) is 0 Å². The molecule has 2 unspecified atom stereocenters. The van der Waals surface area contributed by atoms with Crippen LogP contribution >= 0.6 is 11.3 Å². The van der Waals surface area contributed by atoms with Crippen LogP contribution in [0.15, 0.2) is 11.4 Å². The van der Waals surface area contributed by atoms with Crippen LogP contribution in [0.1, 0.15) is 49.6 Å². The van der Waals surface area contributed by atoms with Gasteiger partial charge in [-0.3, -0.25) is 11.3 Å². The molecule has 16 heavy (non-hydrogen) atoms. The first kappa shape index (κ1) is 12.1. The van der Waals surface area contributed by atoms with Gasteiger partial charge in [-0.2, -0.15) is 0 Å². The minimum Gasteiger partial charge on any atom is -0.271 e. The predicted octanol–water partition coefficient (Wildman–Crippen LogP) is 3.39. The van der Waals surface area contributed by atoms with E-state index in [1.54, 1.807) is 0 Å². The molecular weight excluding hydrogens is 216 g/mol. The molecule has 0 bridgehead atoms. The summed E-state index contributed by atoms with van der Waals surface area (Å²) in [6.07, 6.45) is 3.94. The van der Waals surface area contributed by atoms with E-state index in [4.69, 9.17) is 5.84 Å². The van der Waals surface area contributed by atoms with Gasteiger partial charge in [0.25, 0.3) is 0 Å². The molecule has 1 aliphatic rings. The van der Waals surface area contributed by atoms with E-state index in [0.29, 0.717) is 17.4 Å². The lowest BCUT2D eigenvalue weighted by Gasteiger charge is -2.33. The summed E-state index contributed by atoms with van der Waals surface area (Å²) in [5.74, 6) is 6.45. The number of hydrogen-bond donors (Lipinski definition) is 2. The first-order valence-corrected chi connectivity index (χ1v) is 6.94. The van der Waals surface area contributed by atoms with Gasteiger partial charge < -0.3 is 0 Å². The highest BCUT2D eigenvalue weighted by Crippen LogP contribution is 2.49. The summed E-state index contributed by atoms with van der Waals surface area (Å²) in [6.45, 7) is 6.92. The van der Waals surface area contributed by atoms with Crippen LogP contribution in [0.4, 0.5) is 0 Å². The Morgan fingerprint density at radius 1 is 1.56 bits per heavy atom. The van der Waals surface area contributed by atoms with Crippen LogP contribution in [0.25, 0.3) is 0 Å². The van der Waals surface area contributed by atoms with Gasteiger partial charge in [-0.15, -0.1) is 11.3 Å². The molecule has 1 aliphatic carbocycles. The number of thiophene rings is 1. The molecule has 3 heteroatoms. The van der Waals surface area contributed by atoms with E-state index >= 15 is 0 Å². The minimum atomic E-state index is 0.331. The highest BCUT2D eigenvalue weighted by atomic mass is 32.1. The number of hydrogen-bond acceptors (Lipinski definition) is 3. The van der Waals surface area contributed by atoms with Crippen LogP contribution in [-0.2, 0) is 0 Å². The van der Waals surface area contributed by atoms with Gasteiger partial charge in [0.15, 0.2) is 0 Å². The Labute approximate surface area is 102 Å². The lowest BCUT2D eigenvalue weighted by Crippen LogP contribution is -2.37. The summed E-state index contributed by atoms with van der Waals surface area (Å²) < 4.78 is 0. The number of nitrogens with two attached hydrogens (primary N) is 1. The Balaban J connectivity index is 2.27. The molecule has 2 rings (SSSR count). The second kappa shape index (κ2) is 4.47. The van der Waals surface area contributed by atoms with Crippen LogP contribution in [-0.4, -0.2) is 0 Å². The van der Waals surface area contributed by atoms with E-state index in [9.17, 15) is 0 Å². The summed E-state index contributed by atoms with van der Waals surface area (Å²) in [5, 5.41) is 2.16. The molecule has 1 fully saturated rings. The fourth-order valence-corrected chi connectivity index (χ4v) is 4.10. The van der Waals surface area contributed by atoms with Crippen molar-refractivity contribution in [2.45, 2.75) is 46.1 Å². The van der Waals surface area contributed by atoms with Gasteiger partial charge in [0.1, 0.15) is 0 Å². The van der Waals surface area contributed by atoms with Crippen molar-refractivity contribution < 1.29 is 0 Å². The van der Waals surface area contributed by atoms with E-state index in [1.165, 1.54) is 29.7 Å². The molecule has 1 aromatic rings. The van der Waals surface area contributed by atoms with Gasteiger partial charge in [-0.1, -0.05) is 20.3 Å². The van der Waals surface area contributed by atoms with Crippen molar-refractivity contribution in [1.82, 2.24) is 5.43 Å². The molecule has 0 radical (unpaired) electrons. The van der Waals surface area contributed by atoms with Gasteiger partial charge in [0, 0.05) is 4.88 Å². The van der Waals surface area contributed by atoms with Gasteiger partial charge in [0.05, 0.1) is 6.04 Å². The van der Waals surface area contributed by atoms with Crippen molar-refractivity contribution in [3.05, 3.63) is 21.9 Å². The molecule has 0 spiro atoms. The van der Waals surface area contributed by atoms with Crippen LogP contribution in [0.3, 0.4) is 0 Å². The smallest absolute Gasteiger partial charge is 0.0589 e. The van der Waals surface area contributed by atoms with E-state index in [-0.39, 0.29) is 0 Å². The Hall–Kier alpha value is -0.380. The number of aryl methyl sites for hydroxylation is 1. The molecule has 2 nitrogen and oxygen atoms in total. The van der Waals surface area contributed by atoms with Gasteiger partial charge >= 0.3 is 0 Å². The van der Waals surface area contributed by atoms with E-state index in [2.05, 4.69) is 37.6 Å². The molecule has 0 saturated heterocycles. The zero-order valence-electron chi connectivity index (χ0n) is 10.4.